The highest BCUT2D eigenvalue weighted by Gasteiger charge is 2.14. The molecular weight excluding hydrogens is 317 g/mol. The van der Waals surface area contributed by atoms with Crippen LogP contribution in [0.2, 0.25) is 0 Å². The number of esters is 1. The van der Waals surface area contributed by atoms with E-state index in [0.29, 0.717) is 16.9 Å². The third-order valence-corrected chi connectivity index (χ3v) is 2.69. The molecule has 1 rings (SSSR count). The molecule has 0 spiro atoms. The minimum atomic E-state index is -0.857. The smallest absolute Gasteiger partial charge is 0.341 e. The van der Waals surface area contributed by atoms with Crippen LogP contribution in [-0.4, -0.2) is 25.0 Å². The molecule has 19 heavy (non-hydrogen) atoms. The van der Waals surface area contributed by atoms with Gasteiger partial charge in [0.15, 0.2) is 6.61 Å². The second-order valence-corrected chi connectivity index (χ2v) is 5.31. The van der Waals surface area contributed by atoms with Gasteiger partial charge >= 0.3 is 5.97 Å². The largest absolute Gasteiger partial charge is 0.452 e. The van der Waals surface area contributed by atoms with E-state index in [0.717, 1.165) is 6.07 Å². The Kier molecular flexibility index (Phi) is 5.95. The molecule has 0 saturated heterocycles. The van der Waals surface area contributed by atoms with Gasteiger partial charge in [0.2, 0.25) is 0 Å². The first-order valence-corrected chi connectivity index (χ1v) is 6.58. The molecule has 1 aromatic rings. The fourth-order valence-electron chi connectivity index (χ4n) is 1.23. The second-order valence-electron chi connectivity index (χ2n) is 4.40. The maximum Gasteiger partial charge on any atom is 0.341 e. The van der Waals surface area contributed by atoms with Gasteiger partial charge in [0.1, 0.15) is 5.82 Å². The molecule has 6 heteroatoms. The van der Waals surface area contributed by atoms with E-state index in [-0.39, 0.29) is 5.56 Å². The van der Waals surface area contributed by atoms with Crippen LogP contribution in [0.5, 0.6) is 0 Å². The fraction of sp³-hybridized carbons (Fsp3) is 0.385. The number of benzene rings is 1. The van der Waals surface area contributed by atoms with Crippen LogP contribution < -0.4 is 5.32 Å². The van der Waals surface area contributed by atoms with E-state index < -0.39 is 24.3 Å². The van der Waals surface area contributed by atoms with Gasteiger partial charge in [0, 0.05) is 11.0 Å². The van der Waals surface area contributed by atoms with Crippen molar-refractivity contribution < 1.29 is 18.7 Å². The summed E-state index contributed by atoms with van der Waals surface area (Å²) in [4.78, 5) is 22.9. The van der Waals surface area contributed by atoms with Crippen LogP contribution >= 0.6 is 15.9 Å². The molecule has 1 N–H and O–H groups in total. The SMILES string of the molecule is CC(C)CNC(=O)COC(=O)c1ccc(Br)cc1F. The first-order valence-electron chi connectivity index (χ1n) is 5.79. The molecule has 0 radical (unpaired) electrons. The van der Waals surface area contributed by atoms with Crippen molar-refractivity contribution in [1.82, 2.24) is 5.32 Å². The van der Waals surface area contributed by atoms with Crippen LogP contribution in [0.1, 0.15) is 24.2 Å². The summed E-state index contributed by atoms with van der Waals surface area (Å²) in [6.45, 7) is 3.98. The number of carbonyl (C=O) groups is 2. The Morgan fingerprint density at radius 2 is 2.11 bits per heavy atom. The Labute approximate surface area is 119 Å². The van der Waals surface area contributed by atoms with Gasteiger partial charge in [-0.3, -0.25) is 4.79 Å². The highest BCUT2D eigenvalue weighted by Crippen LogP contribution is 2.15. The van der Waals surface area contributed by atoms with Gasteiger partial charge in [-0.05, 0) is 24.1 Å². The van der Waals surface area contributed by atoms with Crippen molar-refractivity contribution >= 4 is 27.8 Å². The zero-order chi connectivity index (χ0) is 14.4. The molecule has 0 atom stereocenters. The van der Waals surface area contributed by atoms with Crippen molar-refractivity contribution in [3.8, 4) is 0 Å². The standard InChI is InChI=1S/C13H15BrFNO3/c1-8(2)6-16-12(17)7-19-13(18)10-4-3-9(14)5-11(10)15/h3-5,8H,6-7H2,1-2H3,(H,16,17). The van der Waals surface area contributed by atoms with Gasteiger partial charge in [-0.1, -0.05) is 29.8 Å². The molecule has 0 aromatic heterocycles. The third kappa shape index (κ3) is 5.38. The summed E-state index contributed by atoms with van der Waals surface area (Å²) in [7, 11) is 0. The molecule has 0 saturated carbocycles. The van der Waals surface area contributed by atoms with Gasteiger partial charge in [-0.25, -0.2) is 9.18 Å². The molecule has 1 aromatic carbocycles. The lowest BCUT2D eigenvalue weighted by molar-refractivity contribution is -0.124. The van der Waals surface area contributed by atoms with Crippen molar-refractivity contribution in [2.75, 3.05) is 13.2 Å². The summed E-state index contributed by atoms with van der Waals surface area (Å²) in [6.07, 6.45) is 0. The average Bonchev–Trinajstić information content (AvgIpc) is 2.33. The first-order chi connectivity index (χ1) is 8.90. The predicted molar refractivity (Wildman–Crippen MR) is 72.2 cm³/mol. The zero-order valence-electron chi connectivity index (χ0n) is 10.7. The van der Waals surface area contributed by atoms with E-state index >= 15 is 0 Å². The highest BCUT2D eigenvalue weighted by atomic mass is 79.9. The van der Waals surface area contributed by atoms with Crippen molar-refractivity contribution in [2.24, 2.45) is 5.92 Å². The molecule has 0 unspecified atom stereocenters. The van der Waals surface area contributed by atoms with E-state index in [1.165, 1.54) is 12.1 Å². The lowest BCUT2D eigenvalue weighted by Crippen LogP contribution is -2.31. The number of nitrogens with one attached hydrogen (secondary N) is 1. The molecule has 0 aliphatic carbocycles. The van der Waals surface area contributed by atoms with Gasteiger partial charge < -0.3 is 10.1 Å². The van der Waals surface area contributed by atoms with Crippen LogP contribution in [-0.2, 0) is 9.53 Å². The van der Waals surface area contributed by atoms with E-state index in [1.54, 1.807) is 0 Å². The third-order valence-electron chi connectivity index (χ3n) is 2.19. The molecular formula is C13H15BrFNO3. The summed E-state index contributed by atoms with van der Waals surface area (Å²) in [6, 6.07) is 3.99. The number of ether oxygens (including phenoxy) is 1. The normalized spacial score (nSPS) is 10.4. The van der Waals surface area contributed by atoms with E-state index in [2.05, 4.69) is 21.2 Å². The Morgan fingerprint density at radius 1 is 1.42 bits per heavy atom. The topological polar surface area (TPSA) is 55.4 Å². The van der Waals surface area contributed by atoms with Crippen molar-refractivity contribution in [1.29, 1.82) is 0 Å². The highest BCUT2D eigenvalue weighted by molar-refractivity contribution is 9.10. The zero-order valence-corrected chi connectivity index (χ0v) is 12.3. The summed E-state index contributed by atoms with van der Waals surface area (Å²) < 4.78 is 18.7. The number of halogens is 2. The molecule has 4 nitrogen and oxygen atoms in total. The monoisotopic (exact) mass is 331 g/mol. The summed E-state index contributed by atoms with van der Waals surface area (Å²) >= 11 is 3.09. The predicted octanol–water partition coefficient (Wildman–Crippen LogP) is 2.52. The number of rotatable bonds is 5. The van der Waals surface area contributed by atoms with E-state index in [1.807, 2.05) is 13.8 Å². The van der Waals surface area contributed by atoms with Crippen molar-refractivity contribution in [2.45, 2.75) is 13.8 Å². The number of carbonyl (C=O) groups excluding carboxylic acids is 2. The van der Waals surface area contributed by atoms with Crippen molar-refractivity contribution in [3.05, 3.63) is 34.1 Å². The molecule has 0 aliphatic heterocycles. The summed E-state index contributed by atoms with van der Waals surface area (Å²) in [5.41, 5.74) is -0.195. The Balaban J connectivity index is 2.49. The summed E-state index contributed by atoms with van der Waals surface area (Å²) in [5, 5.41) is 2.60. The van der Waals surface area contributed by atoms with Crippen molar-refractivity contribution in [3.63, 3.8) is 0 Å². The van der Waals surface area contributed by atoms with Crippen LogP contribution in [0.3, 0.4) is 0 Å². The minimum Gasteiger partial charge on any atom is -0.452 e. The summed E-state index contributed by atoms with van der Waals surface area (Å²) in [5.74, 6) is -1.64. The fourth-order valence-corrected chi connectivity index (χ4v) is 1.57. The lowest BCUT2D eigenvalue weighted by atomic mass is 10.2. The van der Waals surface area contributed by atoms with Crippen LogP contribution in [0, 0.1) is 11.7 Å². The van der Waals surface area contributed by atoms with E-state index in [4.69, 9.17) is 4.74 Å². The molecule has 1 amide bonds. The van der Waals surface area contributed by atoms with Gasteiger partial charge in [-0.2, -0.15) is 0 Å². The number of hydrogen-bond donors (Lipinski definition) is 1. The average molecular weight is 332 g/mol. The van der Waals surface area contributed by atoms with Crippen LogP contribution in [0.25, 0.3) is 0 Å². The van der Waals surface area contributed by atoms with Crippen LogP contribution in [0.4, 0.5) is 4.39 Å². The Morgan fingerprint density at radius 3 is 2.68 bits per heavy atom. The minimum absolute atomic E-state index is 0.195. The lowest BCUT2D eigenvalue weighted by Gasteiger charge is -2.08. The molecule has 0 heterocycles. The molecule has 104 valence electrons. The Bertz CT molecular complexity index is 477. The van der Waals surface area contributed by atoms with Gasteiger partial charge in [-0.15, -0.1) is 0 Å². The quantitative estimate of drug-likeness (QED) is 0.843. The maximum atomic E-state index is 13.4. The molecule has 0 aliphatic rings. The van der Waals surface area contributed by atoms with Gasteiger partial charge in [0.25, 0.3) is 5.91 Å². The maximum absolute atomic E-state index is 13.4. The number of amides is 1. The van der Waals surface area contributed by atoms with E-state index in [9.17, 15) is 14.0 Å². The first kappa shape index (κ1) is 15.6. The van der Waals surface area contributed by atoms with Gasteiger partial charge in [0.05, 0.1) is 5.56 Å². The molecule has 0 fully saturated rings. The number of hydrogen-bond acceptors (Lipinski definition) is 3. The second kappa shape index (κ2) is 7.23. The Hall–Kier alpha value is -1.43. The van der Waals surface area contributed by atoms with Crippen LogP contribution in [0.15, 0.2) is 22.7 Å². The molecule has 0 bridgehead atoms.